The van der Waals surface area contributed by atoms with E-state index >= 15 is 0 Å². The lowest BCUT2D eigenvalue weighted by Crippen LogP contribution is -2.32. The molecule has 166 valence electrons. The van der Waals surface area contributed by atoms with E-state index in [1.807, 2.05) is 17.7 Å². The maximum Gasteiger partial charge on any atom is 0.338 e. The molecule has 1 amide bonds. The van der Waals surface area contributed by atoms with Crippen molar-refractivity contribution >= 4 is 29.3 Å². The molecule has 0 radical (unpaired) electrons. The van der Waals surface area contributed by atoms with Crippen LogP contribution in [0.15, 0.2) is 47.6 Å². The number of anilines is 1. The molecule has 0 fully saturated rings. The second-order valence-electron chi connectivity index (χ2n) is 6.98. The predicted molar refractivity (Wildman–Crippen MR) is 119 cm³/mol. The van der Waals surface area contributed by atoms with Crippen molar-refractivity contribution in [1.82, 2.24) is 14.8 Å². The highest BCUT2D eigenvalue weighted by atomic mass is 32.2. The Balaban J connectivity index is 1.42. The summed E-state index contributed by atoms with van der Waals surface area (Å²) in [5.74, 6) is 0.934. The van der Waals surface area contributed by atoms with E-state index in [2.05, 4.69) is 15.5 Å². The van der Waals surface area contributed by atoms with E-state index < -0.39 is 18.0 Å². The summed E-state index contributed by atoms with van der Waals surface area (Å²) in [5, 5.41) is 11.7. The van der Waals surface area contributed by atoms with Gasteiger partial charge in [0.25, 0.3) is 5.91 Å². The number of ether oxygens (including phenoxy) is 3. The summed E-state index contributed by atoms with van der Waals surface area (Å²) in [6.45, 7) is 3.79. The van der Waals surface area contributed by atoms with E-state index in [-0.39, 0.29) is 6.79 Å². The Morgan fingerprint density at radius 2 is 1.91 bits per heavy atom. The molecule has 4 rings (SSSR count). The molecule has 2 heterocycles. The van der Waals surface area contributed by atoms with Crippen LogP contribution in [-0.4, -0.2) is 45.8 Å². The maximum absolute atomic E-state index is 12.6. The van der Waals surface area contributed by atoms with Gasteiger partial charge in [0.05, 0.1) is 5.56 Å². The smallest absolute Gasteiger partial charge is 0.338 e. The van der Waals surface area contributed by atoms with Gasteiger partial charge in [0.2, 0.25) is 6.79 Å². The average molecular weight is 455 g/mol. The Bertz CT molecular complexity index is 1150. The molecule has 0 saturated carbocycles. The molecule has 1 aromatic heterocycles. The largest absolute Gasteiger partial charge is 0.454 e. The van der Waals surface area contributed by atoms with Crippen LogP contribution in [0.4, 0.5) is 5.69 Å². The Hall–Kier alpha value is -3.53. The fraction of sp³-hybridized carbons (Fsp3) is 0.273. The van der Waals surface area contributed by atoms with E-state index in [0.717, 1.165) is 16.7 Å². The lowest BCUT2D eigenvalue weighted by molar-refractivity contribution is -0.124. The summed E-state index contributed by atoms with van der Waals surface area (Å²) in [6.07, 6.45) is 1.32. The minimum Gasteiger partial charge on any atom is -0.454 e. The van der Waals surface area contributed by atoms with E-state index in [4.69, 9.17) is 14.2 Å². The maximum atomic E-state index is 12.6. The molecule has 1 aliphatic heterocycles. The highest BCUT2D eigenvalue weighted by Gasteiger charge is 2.23. The number of carbonyl (C=O) groups is 2. The number of amides is 1. The van der Waals surface area contributed by atoms with Crippen LogP contribution < -0.4 is 14.8 Å². The minimum atomic E-state index is -0.934. The van der Waals surface area contributed by atoms with Gasteiger partial charge in [-0.15, -0.1) is 10.2 Å². The molecule has 1 N–H and O–H groups in total. The quantitative estimate of drug-likeness (QED) is 0.427. The molecular weight excluding hydrogens is 432 g/mol. The second kappa shape index (κ2) is 9.31. The molecule has 10 heteroatoms. The van der Waals surface area contributed by atoms with Gasteiger partial charge in [-0.2, -0.15) is 0 Å². The SMILES string of the molecule is CCC(OC(=O)c1ccc(-n2c(C)nnc2SC)cc1)C(=O)Nc1ccc2c(c1)OCO2. The summed E-state index contributed by atoms with van der Waals surface area (Å²) in [5.41, 5.74) is 1.72. The van der Waals surface area contributed by atoms with Crippen LogP contribution in [0.25, 0.3) is 5.69 Å². The Morgan fingerprint density at radius 1 is 1.16 bits per heavy atom. The summed E-state index contributed by atoms with van der Waals surface area (Å²) < 4.78 is 17.9. The molecule has 0 spiro atoms. The topological polar surface area (TPSA) is 105 Å². The van der Waals surface area contributed by atoms with Crippen LogP contribution >= 0.6 is 11.8 Å². The third-order valence-electron chi connectivity index (χ3n) is 4.89. The van der Waals surface area contributed by atoms with Gasteiger partial charge in [-0.25, -0.2) is 4.79 Å². The Kier molecular flexibility index (Phi) is 6.31. The molecule has 2 aromatic carbocycles. The first-order valence-electron chi connectivity index (χ1n) is 9.98. The molecule has 9 nitrogen and oxygen atoms in total. The van der Waals surface area contributed by atoms with Gasteiger partial charge in [-0.1, -0.05) is 18.7 Å². The van der Waals surface area contributed by atoms with Crippen LogP contribution in [0.5, 0.6) is 11.5 Å². The van der Waals surface area contributed by atoms with Gasteiger partial charge in [0.15, 0.2) is 22.8 Å². The normalized spacial score (nSPS) is 13.0. The number of esters is 1. The van der Waals surface area contributed by atoms with Crippen LogP contribution in [0.1, 0.15) is 29.5 Å². The number of benzene rings is 2. The first-order valence-corrected chi connectivity index (χ1v) is 11.2. The lowest BCUT2D eigenvalue weighted by atomic mass is 10.2. The van der Waals surface area contributed by atoms with Crippen molar-refractivity contribution in [3.05, 3.63) is 53.9 Å². The summed E-state index contributed by atoms with van der Waals surface area (Å²) in [4.78, 5) is 25.3. The molecule has 0 aliphatic carbocycles. The van der Waals surface area contributed by atoms with E-state index in [1.54, 1.807) is 49.4 Å². The number of aromatic nitrogens is 3. The number of rotatable bonds is 7. The number of nitrogens with zero attached hydrogens (tertiary/aromatic N) is 3. The number of hydrogen-bond donors (Lipinski definition) is 1. The molecule has 1 aliphatic rings. The van der Waals surface area contributed by atoms with Crippen LogP contribution in [0, 0.1) is 6.92 Å². The fourth-order valence-corrected chi connectivity index (χ4v) is 3.78. The monoisotopic (exact) mass is 454 g/mol. The zero-order valence-corrected chi connectivity index (χ0v) is 18.6. The van der Waals surface area contributed by atoms with Crippen molar-refractivity contribution in [3.63, 3.8) is 0 Å². The molecule has 32 heavy (non-hydrogen) atoms. The summed E-state index contributed by atoms with van der Waals surface area (Å²) in [7, 11) is 0. The van der Waals surface area contributed by atoms with Crippen LogP contribution in [0.2, 0.25) is 0 Å². The van der Waals surface area contributed by atoms with Gasteiger partial charge in [0.1, 0.15) is 5.82 Å². The van der Waals surface area contributed by atoms with Gasteiger partial charge < -0.3 is 19.5 Å². The number of thioether (sulfide) groups is 1. The first kappa shape index (κ1) is 21.7. The molecule has 1 atom stereocenters. The van der Waals surface area contributed by atoms with Crippen LogP contribution in [-0.2, 0) is 9.53 Å². The van der Waals surface area contributed by atoms with E-state index in [0.29, 0.717) is 29.2 Å². The van der Waals surface area contributed by atoms with Gasteiger partial charge in [-0.05, 0) is 56.0 Å². The van der Waals surface area contributed by atoms with Crippen molar-refractivity contribution in [2.45, 2.75) is 31.5 Å². The van der Waals surface area contributed by atoms with Crippen molar-refractivity contribution in [3.8, 4) is 17.2 Å². The van der Waals surface area contributed by atoms with Crippen molar-refractivity contribution in [2.24, 2.45) is 0 Å². The zero-order chi connectivity index (χ0) is 22.7. The van der Waals surface area contributed by atoms with Crippen molar-refractivity contribution < 1.29 is 23.8 Å². The number of carbonyl (C=O) groups excluding carboxylic acids is 2. The van der Waals surface area contributed by atoms with Gasteiger partial charge in [-0.3, -0.25) is 9.36 Å². The second-order valence-corrected chi connectivity index (χ2v) is 7.75. The lowest BCUT2D eigenvalue weighted by Gasteiger charge is -2.16. The van der Waals surface area contributed by atoms with Gasteiger partial charge >= 0.3 is 5.97 Å². The van der Waals surface area contributed by atoms with Crippen molar-refractivity contribution in [1.29, 1.82) is 0 Å². The van der Waals surface area contributed by atoms with Crippen molar-refractivity contribution in [2.75, 3.05) is 18.4 Å². The molecular formula is C22H22N4O5S. The zero-order valence-electron chi connectivity index (χ0n) is 17.8. The summed E-state index contributed by atoms with van der Waals surface area (Å²) in [6, 6.07) is 12.0. The van der Waals surface area contributed by atoms with E-state index in [1.165, 1.54) is 11.8 Å². The standard InChI is InChI=1S/C22H22N4O5S/c1-4-17(20(27)23-15-7-10-18-19(11-15)30-12-29-18)31-21(28)14-5-8-16(9-6-14)26-13(2)24-25-22(26)32-3/h5-11,17H,4,12H2,1-3H3,(H,23,27). The number of fused-ring (bicyclic) bond motifs is 1. The molecule has 0 saturated heterocycles. The fourth-order valence-electron chi connectivity index (χ4n) is 3.24. The molecule has 0 bridgehead atoms. The van der Waals surface area contributed by atoms with Crippen LogP contribution in [0.3, 0.4) is 0 Å². The number of hydrogen-bond acceptors (Lipinski definition) is 8. The number of nitrogens with one attached hydrogen (secondary N) is 1. The van der Waals surface area contributed by atoms with Gasteiger partial charge in [0, 0.05) is 17.4 Å². The van der Waals surface area contributed by atoms with E-state index in [9.17, 15) is 9.59 Å². The third-order valence-corrected chi connectivity index (χ3v) is 5.52. The number of aryl methyl sites for hydroxylation is 1. The summed E-state index contributed by atoms with van der Waals surface area (Å²) >= 11 is 1.48. The highest BCUT2D eigenvalue weighted by Crippen LogP contribution is 2.34. The average Bonchev–Trinajstić information content (AvgIpc) is 3.42. The Labute approximate surface area is 189 Å². The Morgan fingerprint density at radius 3 is 2.62 bits per heavy atom. The molecule has 3 aromatic rings. The highest BCUT2D eigenvalue weighted by molar-refractivity contribution is 7.98. The molecule has 1 unspecified atom stereocenters. The third kappa shape index (κ3) is 4.40. The minimum absolute atomic E-state index is 0.149. The first-order chi connectivity index (χ1) is 15.5. The predicted octanol–water partition coefficient (Wildman–Crippen LogP) is 3.60.